The molecule has 0 aromatic heterocycles. The lowest BCUT2D eigenvalue weighted by Crippen LogP contribution is -2.09. The molecule has 2 aromatic rings. The van der Waals surface area contributed by atoms with Gasteiger partial charge in [-0.3, -0.25) is 4.99 Å². The molecule has 1 N–H and O–H groups in total. The Hall–Kier alpha value is -2.00. The summed E-state index contributed by atoms with van der Waals surface area (Å²) in [7, 11) is 0. The maximum atomic E-state index is 9.22. The molecule has 21 heavy (non-hydrogen) atoms. The van der Waals surface area contributed by atoms with Crippen LogP contribution in [0.5, 0.6) is 11.5 Å². The van der Waals surface area contributed by atoms with Crippen molar-refractivity contribution in [2.45, 2.75) is 26.4 Å². The van der Waals surface area contributed by atoms with Crippen LogP contribution in [0.25, 0.3) is 0 Å². The number of hydrogen-bond acceptors (Lipinski definition) is 3. The predicted molar refractivity (Wildman–Crippen MR) is 87.2 cm³/mol. The highest BCUT2D eigenvalue weighted by molar-refractivity contribution is 6.32. The van der Waals surface area contributed by atoms with Gasteiger partial charge in [0.25, 0.3) is 0 Å². The van der Waals surface area contributed by atoms with Crippen molar-refractivity contribution >= 4 is 23.5 Å². The molecular formula is C17H18ClNO2. The van der Waals surface area contributed by atoms with E-state index < -0.39 is 0 Å². The quantitative estimate of drug-likeness (QED) is 0.792. The molecular weight excluding hydrogens is 286 g/mol. The zero-order valence-electron chi connectivity index (χ0n) is 12.1. The molecule has 0 radical (unpaired) electrons. The third kappa shape index (κ3) is 4.50. The number of nitrogens with zero attached hydrogens (tertiary/aromatic N) is 1. The van der Waals surface area contributed by atoms with Gasteiger partial charge < -0.3 is 9.84 Å². The van der Waals surface area contributed by atoms with Gasteiger partial charge in [-0.25, -0.2) is 0 Å². The molecule has 2 aromatic carbocycles. The van der Waals surface area contributed by atoms with Crippen LogP contribution in [-0.4, -0.2) is 17.4 Å². The molecule has 0 spiro atoms. The monoisotopic (exact) mass is 303 g/mol. The van der Waals surface area contributed by atoms with Crippen molar-refractivity contribution < 1.29 is 9.84 Å². The minimum absolute atomic E-state index is 0.138. The molecule has 1 atom stereocenters. The second kappa shape index (κ2) is 7.14. The lowest BCUT2D eigenvalue weighted by molar-refractivity contribution is 0.217. The van der Waals surface area contributed by atoms with Gasteiger partial charge in [0.1, 0.15) is 11.5 Å². The molecule has 0 fully saturated rings. The largest absolute Gasteiger partial charge is 0.508 e. The summed E-state index contributed by atoms with van der Waals surface area (Å²) >= 11 is 6.21. The van der Waals surface area contributed by atoms with Crippen LogP contribution in [0.4, 0.5) is 5.69 Å². The summed E-state index contributed by atoms with van der Waals surface area (Å²) in [6.07, 6.45) is 2.80. The average Bonchev–Trinajstić information content (AvgIpc) is 2.49. The summed E-state index contributed by atoms with van der Waals surface area (Å²) in [5.74, 6) is 0.913. The maximum Gasteiger partial charge on any atom is 0.138 e. The van der Waals surface area contributed by atoms with Crippen molar-refractivity contribution in [2.75, 3.05) is 0 Å². The highest BCUT2D eigenvalue weighted by Gasteiger charge is 2.06. The summed E-state index contributed by atoms with van der Waals surface area (Å²) in [6, 6.07) is 12.3. The second-order valence-corrected chi connectivity index (χ2v) is 5.21. The fourth-order valence-corrected chi connectivity index (χ4v) is 1.91. The van der Waals surface area contributed by atoms with Crippen LogP contribution in [-0.2, 0) is 0 Å². The van der Waals surface area contributed by atoms with E-state index in [4.69, 9.17) is 16.3 Å². The van der Waals surface area contributed by atoms with Crippen LogP contribution in [0.2, 0.25) is 5.02 Å². The average molecular weight is 304 g/mol. The zero-order valence-corrected chi connectivity index (χ0v) is 12.8. The van der Waals surface area contributed by atoms with Gasteiger partial charge in [-0.05, 0) is 61.4 Å². The summed E-state index contributed by atoms with van der Waals surface area (Å²) in [5, 5.41) is 9.79. The Morgan fingerprint density at radius 1 is 1.24 bits per heavy atom. The highest BCUT2D eigenvalue weighted by Crippen LogP contribution is 2.26. The van der Waals surface area contributed by atoms with E-state index in [0.29, 0.717) is 10.8 Å². The SMILES string of the molecule is CC[C@H](C)Oc1ccc(C=Nc2ccc(O)cc2)cc1Cl. The molecule has 0 bridgehead atoms. The topological polar surface area (TPSA) is 41.8 Å². The Morgan fingerprint density at radius 2 is 1.95 bits per heavy atom. The first-order valence-electron chi connectivity index (χ1n) is 6.88. The van der Waals surface area contributed by atoms with E-state index in [1.165, 1.54) is 0 Å². The van der Waals surface area contributed by atoms with E-state index in [9.17, 15) is 5.11 Å². The van der Waals surface area contributed by atoms with Crippen molar-refractivity contribution in [3.05, 3.63) is 53.1 Å². The molecule has 0 heterocycles. The minimum Gasteiger partial charge on any atom is -0.508 e. The van der Waals surface area contributed by atoms with Crippen LogP contribution in [0.1, 0.15) is 25.8 Å². The third-order valence-corrected chi connectivity index (χ3v) is 3.37. The summed E-state index contributed by atoms with van der Waals surface area (Å²) < 4.78 is 5.72. The Balaban J connectivity index is 2.11. The van der Waals surface area contributed by atoms with Gasteiger partial charge in [0.05, 0.1) is 16.8 Å². The number of rotatable bonds is 5. The van der Waals surface area contributed by atoms with E-state index in [-0.39, 0.29) is 11.9 Å². The first kappa shape index (κ1) is 15.4. The smallest absolute Gasteiger partial charge is 0.138 e. The van der Waals surface area contributed by atoms with Crippen molar-refractivity contribution in [2.24, 2.45) is 4.99 Å². The lowest BCUT2D eigenvalue weighted by atomic mass is 10.2. The third-order valence-electron chi connectivity index (χ3n) is 3.07. The first-order chi connectivity index (χ1) is 10.1. The van der Waals surface area contributed by atoms with Crippen LogP contribution in [0, 0.1) is 0 Å². The van der Waals surface area contributed by atoms with E-state index in [1.807, 2.05) is 25.1 Å². The molecule has 0 aliphatic heterocycles. The molecule has 0 aliphatic carbocycles. The molecule has 0 saturated heterocycles. The Kier molecular flexibility index (Phi) is 5.23. The van der Waals surface area contributed by atoms with Crippen LogP contribution < -0.4 is 4.74 Å². The molecule has 0 amide bonds. The first-order valence-corrected chi connectivity index (χ1v) is 7.25. The zero-order chi connectivity index (χ0) is 15.2. The van der Waals surface area contributed by atoms with Gasteiger partial charge in [-0.2, -0.15) is 0 Å². The Labute approximate surface area is 129 Å². The predicted octanol–water partition coefficient (Wildman–Crippen LogP) is 4.97. The van der Waals surface area contributed by atoms with Gasteiger partial charge in [0.2, 0.25) is 0 Å². The van der Waals surface area contributed by atoms with Crippen LogP contribution >= 0.6 is 11.6 Å². The van der Waals surface area contributed by atoms with E-state index in [0.717, 1.165) is 17.7 Å². The molecule has 3 nitrogen and oxygen atoms in total. The highest BCUT2D eigenvalue weighted by atomic mass is 35.5. The number of benzene rings is 2. The van der Waals surface area contributed by atoms with Gasteiger partial charge in [0.15, 0.2) is 0 Å². The summed E-state index contributed by atoms with van der Waals surface area (Å²) in [4.78, 5) is 4.33. The molecule has 4 heteroatoms. The van der Waals surface area contributed by atoms with Crippen LogP contribution in [0.3, 0.4) is 0 Å². The Bertz CT molecular complexity index is 623. The minimum atomic E-state index is 0.138. The molecule has 0 unspecified atom stereocenters. The lowest BCUT2D eigenvalue weighted by Gasteiger charge is -2.13. The van der Waals surface area contributed by atoms with Crippen molar-refractivity contribution in [3.8, 4) is 11.5 Å². The summed E-state index contributed by atoms with van der Waals surface area (Å²) in [5.41, 5.74) is 1.66. The van der Waals surface area contributed by atoms with Gasteiger partial charge in [-0.1, -0.05) is 18.5 Å². The van der Waals surface area contributed by atoms with E-state index >= 15 is 0 Å². The molecule has 2 rings (SSSR count). The maximum absolute atomic E-state index is 9.22. The fourth-order valence-electron chi connectivity index (χ4n) is 1.68. The number of hydrogen-bond donors (Lipinski definition) is 1. The van der Waals surface area contributed by atoms with Gasteiger partial charge in [0, 0.05) is 6.21 Å². The summed E-state index contributed by atoms with van der Waals surface area (Å²) in [6.45, 7) is 4.08. The normalized spacial score (nSPS) is 12.5. The number of aromatic hydroxyl groups is 1. The van der Waals surface area contributed by atoms with E-state index in [2.05, 4.69) is 11.9 Å². The molecule has 110 valence electrons. The molecule has 0 saturated carbocycles. The van der Waals surface area contributed by atoms with Crippen molar-refractivity contribution in [1.82, 2.24) is 0 Å². The molecule has 0 aliphatic rings. The van der Waals surface area contributed by atoms with Crippen LogP contribution in [0.15, 0.2) is 47.5 Å². The van der Waals surface area contributed by atoms with Crippen molar-refractivity contribution in [1.29, 1.82) is 0 Å². The van der Waals surface area contributed by atoms with Gasteiger partial charge >= 0.3 is 0 Å². The second-order valence-electron chi connectivity index (χ2n) is 4.80. The number of phenols is 1. The fraction of sp³-hybridized carbons (Fsp3) is 0.235. The number of aliphatic imine (C=N–C) groups is 1. The van der Waals surface area contributed by atoms with Gasteiger partial charge in [-0.15, -0.1) is 0 Å². The number of phenolic OH excluding ortho intramolecular Hbond substituents is 1. The van der Waals surface area contributed by atoms with E-state index in [1.54, 1.807) is 30.5 Å². The standard InChI is InChI=1S/C17H18ClNO2/c1-3-12(2)21-17-9-4-13(10-16(17)18)11-19-14-5-7-15(20)8-6-14/h4-12,20H,3H2,1-2H3/t12-/m0/s1. The van der Waals surface area contributed by atoms with Crippen molar-refractivity contribution in [3.63, 3.8) is 0 Å². The number of ether oxygens (including phenoxy) is 1. The number of halogens is 1. The Morgan fingerprint density at radius 3 is 2.57 bits per heavy atom.